The quantitative estimate of drug-likeness (QED) is 0.761. The van der Waals surface area contributed by atoms with E-state index < -0.39 is 0 Å². The van der Waals surface area contributed by atoms with Crippen LogP contribution in [0, 0.1) is 5.82 Å². The number of rotatable bonds is 1. The lowest BCUT2D eigenvalue weighted by Gasteiger charge is -2.28. The Bertz CT molecular complexity index is 796. The largest absolute Gasteiger partial charge is 0.304 e. The van der Waals surface area contributed by atoms with Gasteiger partial charge in [-0.05, 0) is 29.7 Å². The van der Waals surface area contributed by atoms with E-state index in [0.717, 1.165) is 17.7 Å². The minimum atomic E-state index is -0.264. The van der Waals surface area contributed by atoms with E-state index in [9.17, 15) is 9.18 Å². The van der Waals surface area contributed by atoms with Crippen LogP contribution in [0.5, 0.6) is 0 Å². The molecular formula is C19H16FNO. The van der Waals surface area contributed by atoms with Gasteiger partial charge in [0.05, 0.1) is 6.04 Å². The smallest absolute Gasteiger partial charge is 0.224 e. The van der Waals surface area contributed by atoms with Crippen LogP contribution in [0.3, 0.4) is 0 Å². The highest BCUT2D eigenvalue weighted by Crippen LogP contribution is 2.54. The maximum atomic E-state index is 14.4. The lowest BCUT2D eigenvalue weighted by atomic mass is 9.82. The van der Waals surface area contributed by atoms with Crippen LogP contribution >= 0.6 is 0 Å². The number of amides is 1. The number of allylic oxidation sites excluding steroid dienone is 1. The number of carbonyl (C=O) groups is 1. The van der Waals surface area contributed by atoms with E-state index in [1.165, 1.54) is 11.6 Å². The van der Waals surface area contributed by atoms with Crippen LogP contribution in [-0.2, 0) is 4.79 Å². The van der Waals surface area contributed by atoms with Crippen molar-refractivity contribution in [1.82, 2.24) is 0 Å². The fourth-order valence-electron chi connectivity index (χ4n) is 3.84. The Morgan fingerprint density at radius 3 is 2.77 bits per heavy atom. The molecular weight excluding hydrogens is 277 g/mol. The third-order valence-corrected chi connectivity index (χ3v) is 4.66. The number of hydrogen-bond donors (Lipinski definition) is 0. The van der Waals surface area contributed by atoms with Crippen LogP contribution in [0.2, 0.25) is 0 Å². The van der Waals surface area contributed by atoms with E-state index in [2.05, 4.69) is 18.2 Å². The number of anilines is 1. The zero-order valence-corrected chi connectivity index (χ0v) is 12.3. The summed E-state index contributed by atoms with van der Waals surface area (Å²) in [4.78, 5) is 14.0. The average molecular weight is 293 g/mol. The standard InChI is InChI=1S/C19H16FNO/c1-12(22)21-17-11-5-7-13-6-4-9-15(18(13)17)19(21)14-8-2-3-10-16(14)20/h2-8,10-11,15,19H,9H2,1H3. The van der Waals surface area contributed by atoms with Crippen LogP contribution in [0.15, 0.2) is 48.5 Å². The molecule has 0 radical (unpaired) electrons. The summed E-state index contributed by atoms with van der Waals surface area (Å²) >= 11 is 0. The zero-order chi connectivity index (χ0) is 15.3. The molecule has 2 aromatic rings. The number of hydrogen-bond acceptors (Lipinski definition) is 1. The molecule has 0 spiro atoms. The van der Waals surface area contributed by atoms with E-state index in [0.29, 0.717) is 5.56 Å². The topological polar surface area (TPSA) is 20.3 Å². The lowest BCUT2D eigenvalue weighted by Crippen LogP contribution is -2.31. The molecule has 22 heavy (non-hydrogen) atoms. The van der Waals surface area contributed by atoms with Crippen molar-refractivity contribution in [3.63, 3.8) is 0 Å². The molecule has 0 N–H and O–H groups in total. The van der Waals surface area contributed by atoms with Crippen molar-refractivity contribution < 1.29 is 9.18 Å². The minimum absolute atomic E-state index is 0.0453. The molecule has 0 fully saturated rings. The van der Waals surface area contributed by atoms with Crippen molar-refractivity contribution in [1.29, 1.82) is 0 Å². The number of nitrogens with zero attached hydrogens (tertiary/aromatic N) is 1. The summed E-state index contributed by atoms with van der Waals surface area (Å²) in [6, 6.07) is 12.5. The number of carbonyl (C=O) groups excluding carboxylic acids is 1. The SMILES string of the molecule is CC(=O)N1c2cccc3c2C(CC=C3)C1c1ccccc1F. The normalized spacial score (nSPS) is 21.8. The Kier molecular flexibility index (Phi) is 2.89. The van der Waals surface area contributed by atoms with Crippen molar-refractivity contribution in [2.45, 2.75) is 25.3 Å². The first-order valence-electron chi connectivity index (χ1n) is 7.52. The minimum Gasteiger partial charge on any atom is -0.304 e. The maximum absolute atomic E-state index is 14.4. The summed E-state index contributed by atoms with van der Waals surface area (Å²) in [5.74, 6) is -0.171. The first kappa shape index (κ1) is 13.3. The first-order chi connectivity index (χ1) is 10.7. The van der Waals surface area contributed by atoms with Gasteiger partial charge in [0.2, 0.25) is 5.91 Å². The highest BCUT2D eigenvalue weighted by molar-refractivity contribution is 5.96. The van der Waals surface area contributed by atoms with Crippen molar-refractivity contribution >= 4 is 17.7 Å². The van der Waals surface area contributed by atoms with E-state index in [1.807, 2.05) is 18.2 Å². The number of benzene rings is 2. The second-order valence-electron chi connectivity index (χ2n) is 5.88. The van der Waals surface area contributed by atoms with Crippen molar-refractivity contribution in [2.24, 2.45) is 0 Å². The molecule has 2 unspecified atom stereocenters. The summed E-state index contributed by atoms with van der Waals surface area (Å²) in [6.07, 6.45) is 5.04. The molecule has 1 aliphatic carbocycles. The van der Waals surface area contributed by atoms with Gasteiger partial charge >= 0.3 is 0 Å². The summed E-state index contributed by atoms with van der Waals surface area (Å²) in [7, 11) is 0. The second-order valence-corrected chi connectivity index (χ2v) is 5.88. The van der Waals surface area contributed by atoms with Crippen LogP contribution in [0.25, 0.3) is 6.08 Å². The van der Waals surface area contributed by atoms with E-state index >= 15 is 0 Å². The molecule has 0 saturated heterocycles. The Morgan fingerprint density at radius 2 is 2.00 bits per heavy atom. The van der Waals surface area contributed by atoms with Gasteiger partial charge in [-0.3, -0.25) is 4.79 Å². The Hall–Kier alpha value is -2.42. The fourth-order valence-corrected chi connectivity index (χ4v) is 3.84. The molecule has 0 saturated carbocycles. The van der Waals surface area contributed by atoms with Crippen LogP contribution in [0.1, 0.15) is 42.0 Å². The molecule has 0 aromatic heterocycles. The van der Waals surface area contributed by atoms with Crippen LogP contribution < -0.4 is 4.90 Å². The molecule has 2 aromatic carbocycles. The Labute approximate surface area is 128 Å². The maximum Gasteiger partial charge on any atom is 0.224 e. The number of halogens is 1. The first-order valence-corrected chi connectivity index (χ1v) is 7.52. The molecule has 0 bridgehead atoms. The van der Waals surface area contributed by atoms with Gasteiger partial charge in [-0.1, -0.05) is 42.5 Å². The molecule has 4 rings (SSSR count). The van der Waals surface area contributed by atoms with Crippen LogP contribution in [0.4, 0.5) is 10.1 Å². The van der Waals surface area contributed by atoms with Gasteiger partial charge in [-0.2, -0.15) is 0 Å². The fraction of sp³-hybridized carbons (Fsp3) is 0.211. The van der Waals surface area contributed by atoms with Gasteiger partial charge in [-0.25, -0.2) is 4.39 Å². The molecule has 2 aliphatic rings. The summed E-state index contributed by atoms with van der Waals surface area (Å²) in [5, 5.41) is 0. The average Bonchev–Trinajstić information content (AvgIpc) is 2.85. The third-order valence-electron chi connectivity index (χ3n) is 4.66. The molecule has 1 heterocycles. The molecule has 1 amide bonds. The van der Waals surface area contributed by atoms with Gasteiger partial charge < -0.3 is 4.90 Å². The Balaban J connectivity index is 1.96. The predicted molar refractivity (Wildman–Crippen MR) is 85.1 cm³/mol. The lowest BCUT2D eigenvalue weighted by molar-refractivity contribution is -0.117. The zero-order valence-electron chi connectivity index (χ0n) is 12.3. The van der Waals surface area contributed by atoms with Crippen molar-refractivity contribution in [3.8, 4) is 0 Å². The van der Waals surface area contributed by atoms with Gasteiger partial charge in [0.25, 0.3) is 0 Å². The van der Waals surface area contributed by atoms with Crippen LogP contribution in [-0.4, -0.2) is 5.91 Å². The van der Waals surface area contributed by atoms with Gasteiger partial charge in [0, 0.05) is 24.1 Å². The van der Waals surface area contributed by atoms with Gasteiger partial charge in [-0.15, -0.1) is 0 Å². The molecule has 2 atom stereocenters. The summed E-state index contributed by atoms with van der Waals surface area (Å²) < 4.78 is 14.4. The molecule has 2 nitrogen and oxygen atoms in total. The third kappa shape index (κ3) is 1.75. The summed E-state index contributed by atoms with van der Waals surface area (Å²) in [6.45, 7) is 1.55. The van der Waals surface area contributed by atoms with E-state index in [4.69, 9.17) is 0 Å². The predicted octanol–water partition coefficient (Wildman–Crippen LogP) is 4.43. The highest BCUT2D eigenvalue weighted by atomic mass is 19.1. The van der Waals surface area contributed by atoms with E-state index in [1.54, 1.807) is 24.0 Å². The van der Waals surface area contributed by atoms with Crippen molar-refractivity contribution in [2.75, 3.05) is 4.90 Å². The monoisotopic (exact) mass is 293 g/mol. The molecule has 3 heteroatoms. The molecule has 110 valence electrons. The Morgan fingerprint density at radius 1 is 1.18 bits per heavy atom. The summed E-state index contributed by atoms with van der Waals surface area (Å²) in [5.41, 5.74) is 3.83. The molecule has 1 aliphatic heterocycles. The van der Waals surface area contributed by atoms with Gasteiger partial charge in [0.1, 0.15) is 5.82 Å². The second kappa shape index (κ2) is 4.80. The van der Waals surface area contributed by atoms with E-state index in [-0.39, 0.29) is 23.7 Å². The van der Waals surface area contributed by atoms with Gasteiger partial charge in [0.15, 0.2) is 0 Å². The van der Waals surface area contributed by atoms with Crippen molar-refractivity contribution in [3.05, 3.63) is 71.0 Å². The highest BCUT2D eigenvalue weighted by Gasteiger charge is 2.43.